The lowest BCUT2D eigenvalue weighted by Gasteiger charge is -2.22. The smallest absolute Gasteiger partial charge is 0.253 e. The minimum Gasteiger partial charge on any atom is -0.367 e. The molecule has 1 aliphatic heterocycles. The van der Waals surface area contributed by atoms with E-state index in [2.05, 4.69) is 18.0 Å². The number of benzene rings is 2. The topological polar surface area (TPSA) is 32.8 Å². The van der Waals surface area contributed by atoms with Crippen LogP contribution in [0.4, 0.5) is 5.69 Å². The van der Waals surface area contributed by atoms with E-state index in [-0.39, 0.29) is 12.5 Å². The maximum Gasteiger partial charge on any atom is 0.253 e. The van der Waals surface area contributed by atoms with Gasteiger partial charge in [-0.3, -0.25) is 4.79 Å². The van der Waals surface area contributed by atoms with Crippen LogP contribution in [0.1, 0.15) is 11.1 Å². The Morgan fingerprint density at radius 1 is 1.04 bits per heavy atom. The van der Waals surface area contributed by atoms with Crippen molar-refractivity contribution in [1.29, 1.82) is 0 Å². The van der Waals surface area contributed by atoms with Gasteiger partial charge in [-0.1, -0.05) is 48.5 Å². The summed E-state index contributed by atoms with van der Waals surface area (Å²) in [5.74, 6) is 0.0173. The molecule has 0 spiro atoms. The molecule has 1 aliphatic rings. The fourth-order valence-electron chi connectivity index (χ4n) is 2.84. The van der Waals surface area contributed by atoms with Crippen LogP contribution in [-0.2, 0) is 22.7 Å². The molecule has 0 unspecified atom stereocenters. The molecule has 120 valence electrons. The van der Waals surface area contributed by atoms with E-state index in [0.717, 1.165) is 24.3 Å². The van der Waals surface area contributed by atoms with E-state index in [1.807, 2.05) is 53.4 Å². The molecule has 1 heterocycles. The van der Waals surface area contributed by atoms with Gasteiger partial charge in [0.05, 0.1) is 6.61 Å². The maximum absolute atomic E-state index is 12.6. The fourth-order valence-corrected chi connectivity index (χ4v) is 2.84. The van der Waals surface area contributed by atoms with Crippen LogP contribution in [0, 0.1) is 0 Å². The highest BCUT2D eigenvalue weighted by atomic mass is 16.5. The molecule has 0 saturated heterocycles. The number of ether oxygens (including phenoxy) is 1. The van der Waals surface area contributed by atoms with Crippen molar-refractivity contribution < 1.29 is 9.53 Å². The molecule has 0 radical (unpaired) electrons. The van der Waals surface area contributed by atoms with Gasteiger partial charge in [0.15, 0.2) is 0 Å². The summed E-state index contributed by atoms with van der Waals surface area (Å²) in [4.78, 5) is 16.7. The van der Waals surface area contributed by atoms with Crippen molar-refractivity contribution in [3.63, 3.8) is 0 Å². The highest BCUT2D eigenvalue weighted by molar-refractivity contribution is 5.95. The number of nitrogens with zero attached hydrogens (tertiary/aromatic N) is 2. The first-order valence-electron chi connectivity index (χ1n) is 7.92. The number of carbonyl (C=O) groups excluding carboxylic acids is 1. The summed E-state index contributed by atoms with van der Waals surface area (Å²) in [5, 5.41) is 0. The van der Waals surface area contributed by atoms with Crippen LogP contribution in [0.5, 0.6) is 0 Å². The van der Waals surface area contributed by atoms with Crippen LogP contribution in [-0.4, -0.2) is 37.6 Å². The Hall–Kier alpha value is -2.17. The standard InChI is InChI=1S/C19H22N2O2/c1-20-11-12-21(18-10-6-5-9-17(18)13-20)19(22)15-23-14-16-7-3-2-4-8-16/h2-10H,11-15H2,1H3. The Balaban J connectivity index is 1.65. The number of carbonyl (C=O) groups is 1. The Bertz CT molecular complexity index is 657. The summed E-state index contributed by atoms with van der Waals surface area (Å²) in [6.45, 7) is 2.99. The molecule has 4 heteroatoms. The van der Waals surface area contributed by atoms with Gasteiger partial charge in [-0.2, -0.15) is 0 Å². The zero-order valence-corrected chi connectivity index (χ0v) is 13.4. The van der Waals surface area contributed by atoms with E-state index in [1.54, 1.807) is 0 Å². The number of likely N-dealkylation sites (N-methyl/N-ethyl adjacent to an activating group) is 1. The van der Waals surface area contributed by atoms with Crippen molar-refractivity contribution in [3.05, 3.63) is 65.7 Å². The Labute approximate surface area is 137 Å². The van der Waals surface area contributed by atoms with E-state index in [0.29, 0.717) is 13.2 Å². The van der Waals surface area contributed by atoms with Crippen LogP contribution < -0.4 is 4.90 Å². The lowest BCUT2D eigenvalue weighted by Crippen LogP contribution is -2.37. The largest absolute Gasteiger partial charge is 0.367 e. The summed E-state index contributed by atoms with van der Waals surface area (Å²) >= 11 is 0. The van der Waals surface area contributed by atoms with Gasteiger partial charge in [0.1, 0.15) is 6.61 Å². The molecule has 4 nitrogen and oxygen atoms in total. The van der Waals surface area contributed by atoms with Crippen LogP contribution in [0.3, 0.4) is 0 Å². The Morgan fingerprint density at radius 3 is 2.61 bits per heavy atom. The predicted molar refractivity (Wildman–Crippen MR) is 91.2 cm³/mol. The molecule has 0 bridgehead atoms. The van der Waals surface area contributed by atoms with Crippen molar-refractivity contribution in [3.8, 4) is 0 Å². The number of rotatable bonds is 4. The van der Waals surface area contributed by atoms with Gasteiger partial charge < -0.3 is 14.5 Å². The number of hydrogen-bond donors (Lipinski definition) is 0. The molecule has 3 rings (SSSR count). The Kier molecular flexibility index (Phi) is 5.05. The van der Waals surface area contributed by atoms with Gasteiger partial charge in [-0.15, -0.1) is 0 Å². The van der Waals surface area contributed by atoms with Crippen LogP contribution in [0.15, 0.2) is 54.6 Å². The Morgan fingerprint density at radius 2 is 1.78 bits per heavy atom. The summed E-state index contributed by atoms with van der Waals surface area (Å²) < 4.78 is 5.61. The lowest BCUT2D eigenvalue weighted by atomic mass is 10.1. The number of para-hydroxylation sites is 1. The second-order valence-corrected chi connectivity index (χ2v) is 5.89. The average molecular weight is 310 g/mol. The highest BCUT2D eigenvalue weighted by Gasteiger charge is 2.22. The first-order chi connectivity index (χ1) is 11.2. The monoisotopic (exact) mass is 310 g/mol. The quantitative estimate of drug-likeness (QED) is 0.870. The third kappa shape index (κ3) is 3.97. The second-order valence-electron chi connectivity index (χ2n) is 5.89. The summed E-state index contributed by atoms with van der Waals surface area (Å²) in [6, 6.07) is 18.0. The summed E-state index contributed by atoms with van der Waals surface area (Å²) in [6.07, 6.45) is 0. The zero-order valence-electron chi connectivity index (χ0n) is 13.4. The van der Waals surface area contributed by atoms with Crippen molar-refractivity contribution in [1.82, 2.24) is 4.90 Å². The third-order valence-corrected chi connectivity index (χ3v) is 4.07. The van der Waals surface area contributed by atoms with Crippen molar-refractivity contribution in [2.75, 3.05) is 31.6 Å². The average Bonchev–Trinajstić information content (AvgIpc) is 2.74. The van der Waals surface area contributed by atoms with E-state index in [1.165, 1.54) is 5.56 Å². The summed E-state index contributed by atoms with van der Waals surface area (Å²) in [5.41, 5.74) is 3.27. The lowest BCUT2D eigenvalue weighted by molar-refractivity contribution is -0.123. The second kappa shape index (κ2) is 7.40. The van der Waals surface area contributed by atoms with Gasteiger partial charge >= 0.3 is 0 Å². The maximum atomic E-state index is 12.6. The molecule has 2 aromatic carbocycles. The fraction of sp³-hybridized carbons (Fsp3) is 0.316. The van der Waals surface area contributed by atoms with Crippen molar-refractivity contribution >= 4 is 11.6 Å². The van der Waals surface area contributed by atoms with Crippen LogP contribution in [0.2, 0.25) is 0 Å². The molecular formula is C19H22N2O2. The minimum absolute atomic E-state index is 0.0173. The molecule has 1 amide bonds. The van der Waals surface area contributed by atoms with Crippen LogP contribution in [0.25, 0.3) is 0 Å². The summed E-state index contributed by atoms with van der Waals surface area (Å²) in [7, 11) is 2.08. The van der Waals surface area contributed by atoms with Gasteiger partial charge in [-0.25, -0.2) is 0 Å². The first kappa shape index (κ1) is 15.7. The number of anilines is 1. The number of amides is 1. The van der Waals surface area contributed by atoms with E-state index in [9.17, 15) is 4.79 Å². The van der Waals surface area contributed by atoms with Gasteiger partial charge in [0.2, 0.25) is 0 Å². The van der Waals surface area contributed by atoms with Gasteiger partial charge in [0, 0.05) is 25.3 Å². The molecule has 0 aromatic heterocycles. The van der Waals surface area contributed by atoms with Crippen molar-refractivity contribution in [2.24, 2.45) is 0 Å². The molecule has 2 aromatic rings. The SMILES string of the molecule is CN1CCN(C(=O)COCc2ccccc2)c2ccccc2C1. The van der Waals surface area contributed by atoms with Crippen molar-refractivity contribution in [2.45, 2.75) is 13.2 Å². The van der Waals surface area contributed by atoms with Crippen LogP contribution >= 0.6 is 0 Å². The molecule has 0 N–H and O–H groups in total. The highest BCUT2D eigenvalue weighted by Crippen LogP contribution is 2.24. The number of fused-ring (bicyclic) bond motifs is 1. The molecule has 23 heavy (non-hydrogen) atoms. The predicted octanol–water partition coefficient (Wildman–Crippen LogP) is 2.68. The third-order valence-electron chi connectivity index (χ3n) is 4.07. The zero-order chi connectivity index (χ0) is 16.1. The van der Waals surface area contributed by atoms with E-state index in [4.69, 9.17) is 4.74 Å². The molecule has 0 aliphatic carbocycles. The van der Waals surface area contributed by atoms with E-state index >= 15 is 0 Å². The molecule has 0 fully saturated rings. The normalized spacial score (nSPS) is 15.1. The van der Waals surface area contributed by atoms with E-state index < -0.39 is 0 Å². The molecular weight excluding hydrogens is 288 g/mol. The van der Waals surface area contributed by atoms with Gasteiger partial charge in [-0.05, 0) is 24.2 Å². The first-order valence-corrected chi connectivity index (χ1v) is 7.92. The van der Waals surface area contributed by atoms with Gasteiger partial charge in [0.25, 0.3) is 5.91 Å². The minimum atomic E-state index is 0.0173. The number of hydrogen-bond acceptors (Lipinski definition) is 3. The molecule has 0 saturated carbocycles. The molecule has 0 atom stereocenters.